The van der Waals surface area contributed by atoms with Crippen LogP contribution in [0.5, 0.6) is 0 Å². The maximum absolute atomic E-state index is 15.9. The van der Waals surface area contributed by atoms with Crippen molar-refractivity contribution >= 4 is 23.9 Å². The Labute approximate surface area is 296 Å². The molecule has 276 valence electrons. The summed E-state index contributed by atoms with van der Waals surface area (Å²) >= 11 is 0. The van der Waals surface area contributed by atoms with Crippen LogP contribution >= 0.6 is 0 Å². The van der Waals surface area contributed by atoms with Crippen molar-refractivity contribution in [2.75, 3.05) is 26.7 Å². The molecule has 0 bridgehead atoms. The number of esters is 1. The summed E-state index contributed by atoms with van der Waals surface area (Å²) in [4.78, 5) is 60.3. The van der Waals surface area contributed by atoms with Gasteiger partial charge in [0.2, 0.25) is 5.91 Å². The lowest BCUT2D eigenvalue weighted by atomic mass is 9.80. The number of aromatic nitrogens is 2. The number of rotatable bonds is 11. The van der Waals surface area contributed by atoms with E-state index in [0.29, 0.717) is 0 Å². The molecule has 4 unspecified atom stereocenters. The first kappa shape index (κ1) is 38.9. The Morgan fingerprint density at radius 1 is 1.04 bits per heavy atom. The SMILES string of the molecule is CNC(=O)C(C)(C)C(c1nc(-c2cc(F)ccc2F)cn1Cc1ccccc1)N(CC1CN(C(=O)OC(C)(C)C)CC1F)C(=O)C(C)OC(C)=O. The van der Waals surface area contributed by atoms with Crippen molar-refractivity contribution in [1.29, 1.82) is 0 Å². The number of ether oxygens (including phenoxy) is 2. The minimum absolute atomic E-state index is 0.0245. The van der Waals surface area contributed by atoms with Crippen LogP contribution in [0, 0.1) is 23.0 Å². The van der Waals surface area contributed by atoms with Gasteiger partial charge >= 0.3 is 12.1 Å². The van der Waals surface area contributed by atoms with Crippen LogP contribution in [0.3, 0.4) is 0 Å². The number of carbonyl (C=O) groups is 4. The Morgan fingerprint density at radius 3 is 2.31 bits per heavy atom. The molecule has 1 aliphatic rings. The number of likely N-dealkylation sites (tertiary alicyclic amines) is 1. The van der Waals surface area contributed by atoms with Gasteiger partial charge in [0.05, 0.1) is 17.7 Å². The summed E-state index contributed by atoms with van der Waals surface area (Å²) < 4.78 is 57.9. The molecule has 1 aliphatic heterocycles. The fourth-order valence-corrected chi connectivity index (χ4v) is 6.26. The van der Waals surface area contributed by atoms with Crippen LogP contribution in [0.15, 0.2) is 54.7 Å². The minimum Gasteiger partial charge on any atom is -0.453 e. The van der Waals surface area contributed by atoms with E-state index in [2.05, 4.69) is 5.32 Å². The van der Waals surface area contributed by atoms with Gasteiger partial charge in [0.1, 0.15) is 35.3 Å². The van der Waals surface area contributed by atoms with Gasteiger partial charge in [0.15, 0.2) is 6.10 Å². The van der Waals surface area contributed by atoms with Crippen molar-refractivity contribution in [3.05, 3.63) is 77.8 Å². The molecule has 11 nitrogen and oxygen atoms in total. The highest BCUT2D eigenvalue weighted by Crippen LogP contribution is 2.42. The normalized spacial score (nSPS) is 17.4. The molecule has 0 saturated carbocycles. The Kier molecular flexibility index (Phi) is 11.9. The smallest absolute Gasteiger partial charge is 0.410 e. The van der Waals surface area contributed by atoms with E-state index in [1.165, 1.54) is 30.0 Å². The van der Waals surface area contributed by atoms with E-state index in [1.54, 1.807) is 39.2 Å². The first-order valence-corrected chi connectivity index (χ1v) is 16.7. The number of hydrogen-bond acceptors (Lipinski definition) is 7. The van der Waals surface area contributed by atoms with Crippen molar-refractivity contribution in [3.8, 4) is 11.3 Å². The van der Waals surface area contributed by atoms with Crippen molar-refractivity contribution < 1.29 is 41.8 Å². The highest BCUT2D eigenvalue weighted by atomic mass is 19.1. The molecule has 14 heteroatoms. The van der Waals surface area contributed by atoms with Gasteiger partial charge in [0, 0.05) is 51.3 Å². The second kappa shape index (κ2) is 15.6. The van der Waals surface area contributed by atoms with Crippen LogP contribution in [-0.2, 0) is 30.4 Å². The molecule has 3 amide bonds. The third-order valence-corrected chi connectivity index (χ3v) is 8.68. The van der Waals surface area contributed by atoms with Crippen molar-refractivity contribution in [3.63, 3.8) is 0 Å². The highest BCUT2D eigenvalue weighted by molar-refractivity contribution is 5.86. The third kappa shape index (κ3) is 9.27. The number of halogens is 3. The number of alkyl halides is 1. The quantitative estimate of drug-likeness (QED) is 0.254. The molecule has 51 heavy (non-hydrogen) atoms. The Hall–Kier alpha value is -4.88. The standard InChI is InChI=1S/C37H46F3N5O6/c1-22(50-23(2)46)33(47)45(19-25-18-44(20-29(25)40)35(49)51-36(3,4)5)31(37(6,7)34(48)41-8)32-42-30(27-16-26(38)14-15-28(27)39)21-43(32)17-24-12-10-9-11-13-24/h9-16,21-22,25,29,31H,17-20H2,1-8H3,(H,41,48). The average Bonchev–Trinajstić information content (AvgIpc) is 3.63. The summed E-state index contributed by atoms with van der Waals surface area (Å²) in [5.41, 5.74) is -1.68. The molecule has 1 saturated heterocycles. The number of benzene rings is 2. The largest absolute Gasteiger partial charge is 0.453 e. The zero-order valence-electron chi connectivity index (χ0n) is 30.2. The molecule has 0 spiro atoms. The molecule has 3 aromatic rings. The van der Waals surface area contributed by atoms with Crippen LogP contribution in [0.25, 0.3) is 11.3 Å². The monoisotopic (exact) mass is 713 g/mol. The van der Waals surface area contributed by atoms with E-state index < -0.39 is 70.8 Å². The third-order valence-electron chi connectivity index (χ3n) is 8.68. The number of nitrogens with one attached hydrogen (secondary N) is 1. The highest BCUT2D eigenvalue weighted by Gasteiger charge is 2.49. The van der Waals surface area contributed by atoms with E-state index in [1.807, 2.05) is 30.3 Å². The van der Waals surface area contributed by atoms with Crippen LogP contribution in [-0.4, -0.2) is 87.8 Å². The fourth-order valence-electron chi connectivity index (χ4n) is 6.26. The molecule has 2 aromatic carbocycles. The van der Waals surface area contributed by atoms with Crippen LogP contribution < -0.4 is 5.32 Å². The number of carbonyl (C=O) groups excluding carboxylic acids is 4. The lowest BCUT2D eigenvalue weighted by Crippen LogP contribution is -2.53. The lowest BCUT2D eigenvalue weighted by molar-refractivity contribution is -0.162. The van der Waals surface area contributed by atoms with Gasteiger partial charge in [0.25, 0.3) is 5.91 Å². The van der Waals surface area contributed by atoms with Crippen molar-refractivity contribution in [1.82, 2.24) is 24.7 Å². The lowest BCUT2D eigenvalue weighted by Gasteiger charge is -2.42. The van der Waals surface area contributed by atoms with E-state index in [9.17, 15) is 23.6 Å². The Bertz CT molecular complexity index is 1740. The summed E-state index contributed by atoms with van der Waals surface area (Å²) in [5, 5.41) is 2.63. The van der Waals surface area contributed by atoms with Crippen molar-refractivity contribution in [2.45, 2.75) is 78.9 Å². The van der Waals surface area contributed by atoms with Gasteiger partial charge in [-0.15, -0.1) is 0 Å². The maximum Gasteiger partial charge on any atom is 0.410 e. The summed E-state index contributed by atoms with van der Waals surface area (Å²) in [6.07, 6.45) is -2.18. The zero-order valence-corrected chi connectivity index (χ0v) is 30.2. The average molecular weight is 714 g/mol. The van der Waals surface area contributed by atoms with Gasteiger partial charge in [-0.3, -0.25) is 14.4 Å². The fraction of sp³-hybridized carbons (Fsp3) is 0.486. The predicted octanol–water partition coefficient (Wildman–Crippen LogP) is 5.68. The van der Waals surface area contributed by atoms with Crippen LogP contribution in [0.1, 0.15) is 65.9 Å². The molecular weight excluding hydrogens is 667 g/mol. The Balaban J connectivity index is 1.93. The summed E-state index contributed by atoms with van der Waals surface area (Å²) in [6, 6.07) is 10.8. The number of nitrogens with zero attached hydrogens (tertiary/aromatic N) is 4. The number of amides is 3. The van der Waals surface area contributed by atoms with E-state index in [0.717, 1.165) is 30.7 Å². The summed E-state index contributed by atoms with van der Waals surface area (Å²) in [6.45, 7) is 10.1. The molecule has 1 aromatic heterocycles. The van der Waals surface area contributed by atoms with Crippen LogP contribution in [0.4, 0.5) is 18.0 Å². The Morgan fingerprint density at radius 2 is 1.71 bits per heavy atom. The van der Waals surface area contributed by atoms with E-state index >= 15 is 8.78 Å². The molecule has 1 fully saturated rings. The molecule has 2 heterocycles. The topological polar surface area (TPSA) is 123 Å². The first-order chi connectivity index (χ1) is 23.8. The molecular formula is C37H46F3N5O6. The first-order valence-electron chi connectivity index (χ1n) is 16.7. The number of hydrogen-bond donors (Lipinski definition) is 1. The summed E-state index contributed by atoms with van der Waals surface area (Å²) in [5.74, 6) is -4.32. The van der Waals surface area contributed by atoms with Gasteiger partial charge < -0.3 is 29.2 Å². The molecule has 0 radical (unpaired) electrons. The maximum atomic E-state index is 15.9. The second-order valence-corrected chi connectivity index (χ2v) is 14.3. The van der Waals surface area contributed by atoms with Gasteiger partial charge in [-0.1, -0.05) is 30.3 Å². The molecule has 4 rings (SSSR count). The number of imidazole rings is 1. The minimum atomic E-state index is -1.60. The molecule has 1 N–H and O–H groups in total. The second-order valence-electron chi connectivity index (χ2n) is 14.3. The van der Waals surface area contributed by atoms with E-state index in [4.69, 9.17) is 14.5 Å². The van der Waals surface area contributed by atoms with Gasteiger partial charge in [-0.25, -0.2) is 22.9 Å². The van der Waals surface area contributed by atoms with Gasteiger partial charge in [-0.05, 0) is 65.3 Å². The van der Waals surface area contributed by atoms with Crippen molar-refractivity contribution in [2.24, 2.45) is 11.3 Å². The van der Waals surface area contributed by atoms with Crippen LogP contribution in [0.2, 0.25) is 0 Å². The van der Waals surface area contributed by atoms with Gasteiger partial charge in [-0.2, -0.15) is 0 Å². The molecule has 4 atom stereocenters. The van der Waals surface area contributed by atoms with E-state index in [-0.39, 0.29) is 43.3 Å². The predicted molar refractivity (Wildman–Crippen MR) is 183 cm³/mol. The molecule has 0 aliphatic carbocycles. The zero-order chi connectivity index (χ0) is 37.8. The summed E-state index contributed by atoms with van der Waals surface area (Å²) in [7, 11) is 1.42.